The van der Waals surface area contributed by atoms with Crippen molar-refractivity contribution in [1.29, 1.82) is 0 Å². The van der Waals surface area contributed by atoms with Gasteiger partial charge in [-0.05, 0) is 25.1 Å². The van der Waals surface area contributed by atoms with Crippen molar-refractivity contribution in [2.24, 2.45) is 0 Å². The van der Waals surface area contributed by atoms with Crippen LogP contribution in [0.3, 0.4) is 0 Å². The first kappa shape index (κ1) is 15.2. The van der Waals surface area contributed by atoms with Gasteiger partial charge in [0.15, 0.2) is 5.65 Å². The number of rotatable bonds is 5. The number of benzene rings is 1. The van der Waals surface area contributed by atoms with Gasteiger partial charge in [0.05, 0.1) is 21.6 Å². The minimum absolute atomic E-state index is 0.245. The lowest BCUT2D eigenvalue weighted by atomic mass is 10.3. The number of fused-ring (bicyclic) bond motifs is 2. The smallest absolute Gasteiger partial charge is 0.223 e. The predicted octanol–water partition coefficient (Wildman–Crippen LogP) is 3.06. The molecular weight excluding hydrogens is 342 g/mol. The van der Waals surface area contributed by atoms with Crippen molar-refractivity contribution in [2.75, 3.05) is 23.3 Å². The fourth-order valence-electron chi connectivity index (χ4n) is 2.42. The van der Waals surface area contributed by atoms with Gasteiger partial charge >= 0.3 is 0 Å². The summed E-state index contributed by atoms with van der Waals surface area (Å²) in [6.07, 6.45) is 1.60. The number of hydrogen-bond donors (Lipinski definition) is 3. The Morgan fingerprint density at radius 3 is 3.12 bits per heavy atom. The summed E-state index contributed by atoms with van der Waals surface area (Å²) in [6.45, 7) is 2.83. The molecule has 9 heteroatoms. The first-order chi connectivity index (χ1) is 11.7. The zero-order valence-electron chi connectivity index (χ0n) is 12.9. The van der Waals surface area contributed by atoms with Crippen LogP contribution in [0.2, 0.25) is 0 Å². The van der Waals surface area contributed by atoms with Gasteiger partial charge in [0.2, 0.25) is 5.95 Å². The second-order valence-electron chi connectivity index (χ2n) is 5.18. The molecule has 0 atom stereocenters. The zero-order chi connectivity index (χ0) is 16.5. The van der Waals surface area contributed by atoms with E-state index in [4.69, 9.17) is 5.73 Å². The molecule has 0 radical (unpaired) electrons. The number of nitrogens with two attached hydrogens (primary N) is 1. The number of aryl methyl sites for hydroxylation is 1. The number of nitrogens with one attached hydrogen (secondary N) is 2. The quantitative estimate of drug-likeness (QED) is 0.286. The number of anilines is 2. The third-order valence-electron chi connectivity index (χ3n) is 3.43. The lowest BCUT2D eigenvalue weighted by molar-refractivity contribution is 1.10. The summed E-state index contributed by atoms with van der Waals surface area (Å²) in [7, 11) is 0. The number of thiazole rings is 1. The van der Waals surface area contributed by atoms with Crippen LogP contribution in [0.1, 0.15) is 5.01 Å². The second kappa shape index (κ2) is 6.25. The molecule has 3 aromatic heterocycles. The Kier molecular flexibility index (Phi) is 3.95. The molecule has 0 saturated heterocycles. The number of nitrogen functional groups attached to an aromatic ring is 1. The number of nitrogens with zero attached hydrogens (tertiary/aromatic N) is 4. The summed E-state index contributed by atoms with van der Waals surface area (Å²) in [5.74, 6) is 1.09. The number of aromatic nitrogens is 5. The number of imidazole rings is 1. The normalized spacial score (nSPS) is 11.4. The van der Waals surface area contributed by atoms with Gasteiger partial charge in [0.1, 0.15) is 10.5 Å². The molecule has 0 unspecified atom stereocenters. The highest BCUT2D eigenvalue weighted by Crippen LogP contribution is 2.25. The summed E-state index contributed by atoms with van der Waals surface area (Å²) in [6, 6.07) is 6.27. The van der Waals surface area contributed by atoms with Crippen LogP contribution in [0.25, 0.3) is 21.4 Å². The molecule has 4 aromatic rings. The van der Waals surface area contributed by atoms with Crippen LogP contribution >= 0.6 is 23.1 Å². The fourth-order valence-corrected chi connectivity index (χ4v) is 4.08. The topological polar surface area (TPSA) is 105 Å². The molecule has 0 saturated carbocycles. The Hall–Kier alpha value is -2.39. The van der Waals surface area contributed by atoms with Crippen LogP contribution in [0.15, 0.2) is 29.6 Å². The van der Waals surface area contributed by atoms with E-state index in [0.29, 0.717) is 5.65 Å². The van der Waals surface area contributed by atoms with Crippen LogP contribution in [0, 0.1) is 6.92 Å². The van der Waals surface area contributed by atoms with E-state index in [-0.39, 0.29) is 5.95 Å². The van der Waals surface area contributed by atoms with Crippen molar-refractivity contribution >= 4 is 56.1 Å². The molecular formula is C15H15N7S2. The maximum atomic E-state index is 5.72. The van der Waals surface area contributed by atoms with Gasteiger partial charge in [-0.25, -0.2) is 15.0 Å². The van der Waals surface area contributed by atoms with Gasteiger partial charge in [-0.1, -0.05) is 0 Å². The minimum Gasteiger partial charge on any atom is -0.384 e. The summed E-state index contributed by atoms with van der Waals surface area (Å²) in [5.41, 5.74) is 9.26. The minimum atomic E-state index is 0.245. The fraction of sp³-hybridized carbons (Fsp3) is 0.200. The average Bonchev–Trinajstić information content (AvgIpc) is 3.15. The Balaban J connectivity index is 1.40. The van der Waals surface area contributed by atoms with E-state index in [1.165, 1.54) is 4.70 Å². The molecule has 24 heavy (non-hydrogen) atoms. The van der Waals surface area contributed by atoms with E-state index in [1.807, 2.05) is 6.92 Å². The first-order valence-corrected chi connectivity index (χ1v) is 9.20. The Labute approximate surface area is 146 Å². The number of thioether (sulfide) groups is 1. The van der Waals surface area contributed by atoms with Crippen molar-refractivity contribution in [3.8, 4) is 0 Å². The van der Waals surface area contributed by atoms with Crippen molar-refractivity contribution < 1.29 is 0 Å². The molecule has 0 aliphatic carbocycles. The van der Waals surface area contributed by atoms with Crippen LogP contribution < -0.4 is 11.1 Å². The summed E-state index contributed by atoms with van der Waals surface area (Å²) < 4.78 is 1.21. The molecule has 0 amide bonds. The largest absolute Gasteiger partial charge is 0.384 e. The molecule has 0 spiro atoms. The monoisotopic (exact) mass is 357 g/mol. The highest BCUT2D eigenvalue weighted by molar-refractivity contribution is 7.99. The van der Waals surface area contributed by atoms with Crippen molar-refractivity contribution in [3.05, 3.63) is 29.5 Å². The predicted molar refractivity (Wildman–Crippen MR) is 99.7 cm³/mol. The first-order valence-electron chi connectivity index (χ1n) is 7.39. The molecule has 4 N–H and O–H groups in total. The van der Waals surface area contributed by atoms with E-state index < -0.39 is 0 Å². The third kappa shape index (κ3) is 3.00. The van der Waals surface area contributed by atoms with Gasteiger partial charge in [-0.3, -0.25) is 0 Å². The lowest BCUT2D eigenvalue weighted by Crippen LogP contribution is -2.05. The van der Waals surface area contributed by atoms with Gasteiger partial charge < -0.3 is 16.0 Å². The van der Waals surface area contributed by atoms with E-state index in [2.05, 4.69) is 48.4 Å². The molecule has 3 heterocycles. The van der Waals surface area contributed by atoms with E-state index in [0.717, 1.165) is 39.1 Å². The number of H-pyrrole nitrogens is 1. The summed E-state index contributed by atoms with van der Waals surface area (Å²) >= 11 is 3.33. The highest BCUT2D eigenvalue weighted by Gasteiger charge is 2.09. The van der Waals surface area contributed by atoms with E-state index in [1.54, 1.807) is 29.4 Å². The average molecular weight is 357 g/mol. The lowest BCUT2D eigenvalue weighted by Gasteiger charge is -2.06. The zero-order valence-corrected chi connectivity index (χ0v) is 14.5. The van der Waals surface area contributed by atoms with Gasteiger partial charge in [0, 0.05) is 18.0 Å². The van der Waals surface area contributed by atoms with Gasteiger partial charge in [0.25, 0.3) is 0 Å². The van der Waals surface area contributed by atoms with E-state index >= 15 is 0 Å². The molecule has 0 aliphatic heterocycles. The summed E-state index contributed by atoms with van der Waals surface area (Å²) in [5, 5.41) is 5.32. The number of aromatic amines is 1. The number of hydrogen-bond acceptors (Lipinski definition) is 8. The van der Waals surface area contributed by atoms with Crippen molar-refractivity contribution in [2.45, 2.75) is 11.9 Å². The highest BCUT2D eigenvalue weighted by atomic mass is 32.2. The maximum absolute atomic E-state index is 5.72. The molecule has 0 bridgehead atoms. The molecule has 1 aromatic carbocycles. The molecule has 0 fully saturated rings. The summed E-state index contributed by atoms with van der Waals surface area (Å²) in [4.78, 5) is 20.1. The van der Waals surface area contributed by atoms with Crippen LogP contribution in [-0.4, -0.2) is 37.2 Å². The van der Waals surface area contributed by atoms with Crippen LogP contribution in [-0.2, 0) is 0 Å². The standard InChI is InChI=1S/C15H15N7S2/c1-8-20-10-6-9(2-3-11(10)24-8)17-4-5-23-14-12-13(19-7-18-12)21-15(16)22-14/h2-3,6-7,17H,4-5H2,1H3,(H3,16,18,19,21,22). The van der Waals surface area contributed by atoms with Crippen molar-refractivity contribution in [1.82, 2.24) is 24.9 Å². The van der Waals surface area contributed by atoms with Crippen LogP contribution in [0.4, 0.5) is 11.6 Å². The van der Waals surface area contributed by atoms with Crippen LogP contribution in [0.5, 0.6) is 0 Å². The molecule has 122 valence electrons. The van der Waals surface area contributed by atoms with Gasteiger partial charge in [-0.2, -0.15) is 4.98 Å². The Morgan fingerprint density at radius 2 is 2.21 bits per heavy atom. The Bertz CT molecular complexity index is 1010. The van der Waals surface area contributed by atoms with Crippen molar-refractivity contribution in [3.63, 3.8) is 0 Å². The third-order valence-corrected chi connectivity index (χ3v) is 5.36. The molecule has 0 aliphatic rings. The Morgan fingerprint density at radius 1 is 1.29 bits per heavy atom. The van der Waals surface area contributed by atoms with E-state index in [9.17, 15) is 0 Å². The maximum Gasteiger partial charge on any atom is 0.223 e. The second-order valence-corrected chi connectivity index (χ2v) is 7.50. The SMILES string of the molecule is Cc1nc2cc(NCCSc3nc(N)nc4nc[nH]c34)ccc2s1. The molecule has 7 nitrogen and oxygen atoms in total. The molecule has 4 rings (SSSR count). The van der Waals surface area contributed by atoms with Gasteiger partial charge in [-0.15, -0.1) is 23.1 Å².